The molecule has 2 nitrogen and oxygen atoms in total. The Morgan fingerprint density at radius 1 is 1.25 bits per heavy atom. The van der Waals surface area contributed by atoms with Gasteiger partial charge in [-0.25, -0.2) is 0 Å². The second-order valence-corrected chi connectivity index (χ2v) is 2.85. The highest BCUT2D eigenvalue weighted by atomic mass is 16.4. The lowest BCUT2D eigenvalue weighted by molar-refractivity contribution is 0.545. The largest absolute Gasteiger partial charge is 0.446 e. The smallest absolute Gasteiger partial charge is 0.193 e. The molecule has 2 rings (SSSR count). The third kappa shape index (κ3) is 1.42. The van der Waals surface area contributed by atoms with E-state index in [0.29, 0.717) is 0 Å². The molecular formula is C10H11NO. The van der Waals surface area contributed by atoms with Gasteiger partial charge in [0.2, 0.25) is 0 Å². The van der Waals surface area contributed by atoms with E-state index in [2.05, 4.69) is 17.5 Å². The van der Waals surface area contributed by atoms with Crippen molar-refractivity contribution in [2.24, 2.45) is 0 Å². The minimum atomic E-state index is 0.288. The van der Waals surface area contributed by atoms with Gasteiger partial charge in [0, 0.05) is 6.07 Å². The van der Waals surface area contributed by atoms with Crippen LogP contribution in [-0.4, -0.2) is 6.04 Å². The average Bonchev–Trinajstić information content (AvgIpc) is 2.63. The Kier molecular flexibility index (Phi) is 1.74. The maximum absolute atomic E-state index is 5.37. The number of hydrogen-bond acceptors (Lipinski definition) is 2. The molecule has 2 heteroatoms. The van der Waals surface area contributed by atoms with Crippen molar-refractivity contribution in [2.75, 3.05) is 5.32 Å². The minimum absolute atomic E-state index is 0.288. The normalized spacial score (nSPS) is 15.8. The number of hydrogen-bond donors (Lipinski definition) is 1. The van der Waals surface area contributed by atoms with Gasteiger partial charge in [-0.3, -0.25) is 0 Å². The summed E-state index contributed by atoms with van der Waals surface area (Å²) in [6.07, 6.45) is 8.20. The van der Waals surface area contributed by atoms with Gasteiger partial charge in [-0.05, 0) is 13.0 Å². The molecule has 62 valence electrons. The zero-order chi connectivity index (χ0) is 8.39. The summed E-state index contributed by atoms with van der Waals surface area (Å²) in [7, 11) is 0. The first-order valence-corrected chi connectivity index (χ1v) is 4.02. The molecular weight excluding hydrogens is 150 g/mol. The van der Waals surface area contributed by atoms with Gasteiger partial charge in [-0.15, -0.1) is 0 Å². The molecule has 0 amide bonds. The molecule has 0 fully saturated rings. The summed E-state index contributed by atoms with van der Waals surface area (Å²) in [5, 5.41) is 3.22. The fourth-order valence-corrected chi connectivity index (χ4v) is 1.20. The number of aryl methyl sites for hydroxylation is 1. The average molecular weight is 161 g/mol. The second-order valence-electron chi connectivity index (χ2n) is 2.85. The highest BCUT2D eigenvalue weighted by molar-refractivity contribution is 5.39. The van der Waals surface area contributed by atoms with E-state index in [1.807, 2.05) is 31.2 Å². The standard InChI is InChI=1S/C10H11NO/c1-8-6-7-10(12-8)11-9-4-2-3-5-9/h2-7,9,11H,1H3. The molecule has 0 atom stereocenters. The van der Waals surface area contributed by atoms with Crippen molar-refractivity contribution in [3.05, 3.63) is 42.2 Å². The lowest BCUT2D eigenvalue weighted by Crippen LogP contribution is -2.10. The van der Waals surface area contributed by atoms with Crippen LogP contribution in [0.3, 0.4) is 0 Å². The van der Waals surface area contributed by atoms with Crippen LogP contribution in [0.1, 0.15) is 5.76 Å². The molecule has 1 aromatic heterocycles. The van der Waals surface area contributed by atoms with Crippen LogP contribution >= 0.6 is 0 Å². The van der Waals surface area contributed by atoms with Crippen molar-refractivity contribution in [3.63, 3.8) is 0 Å². The summed E-state index contributed by atoms with van der Waals surface area (Å²) in [4.78, 5) is 0. The second kappa shape index (κ2) is 2.89. The molecule has 0 saturated heterocycles. The summed E-state index contributed by atoms with van der Waals surface area (Å²) in [6, 6.07) is 4.18. The zero-order valence-electron chi connectivity index (χ0n) is 6.95. The van der Waals surface area contributed by atoms with E-state index in [0.717, 1.165) is 11.6 Å². The van der Waals surface area contributed by atoms with Crippen LogP contribution < -0.4 is 5.32 Å². The van der Waals surface area contributed by atoms with Gasteiger partial charge in [0.25, 0.3) is 0 Å². The molecule has 0 aromatic carbocycles. The Morgan fingerprint density at radius 3 is 2.58 bits per heavy atom. The SMILES string of the molecule is Cc1ccc(NC2C=CC=C2)o1. The number of rotatable bonds is 2. The fourth-order valence-electron chi connectivity index (χ4n) is 1.20. The minimum Gasteiger partial charge on any atom is -0.446 e. The van der Waals surface area contributed by atoms with E-state index in [-0.39, 0.29) is 6.04 Å². The third-order valence-corrected chi connectivity index (χ3v) is 1.80. The van der Waals surface area contributed by atoms with E-state index >= 15 is 0 Å². The summed E-state index contributed by atoms with van der Waals surface area (Å²) in [5.74, 6) is 1.76. The summed E-state index contributed by atoms with van der Waals surface area (Å²) in [5.41, 5.74) is 0. The topological polar surface area (TPSA) is 25.2 Å². The van der Waals surface area contributed by atoms with E-state index in [4.69, 9.17) is 4.42 Å². The maximum Gasteiger partial charge on any atom is 0.193 e. The Labute approximate surface area is 71.6 Å². The zero-order valence-corrected chi connectivity index (χ0v) is 6.95. The van der Waals surface area contributed by atoms with Crippen molar-refractivity contribution in [1.29, 1.82) is 0 Å². The van der Waals surface area contributed by atoms with Crippen LogP contribution in [0.4, 0.5) is 5.88 Å². The molecule has 0 unspecified atom stereocenters. The van der Waals surface area contributed by atoms with Crippen LogP contribution in [-0.2, 0) is 0 Å². The quantitative estimate of drug-likeness (QED) is 0.720. The molecule has 0 radical (unpaired) electrons. The Morgan fingerprint density at radius 2 is 2.00 bits per heavy atom. The Bertz CT molecular complexity index is 310. The first-order chi connectivity index (χ1) is 5.84. The molecule has 1 N–H and O–H groups in total. The van der Waals surface area contributed by atoms with Crippen molar-refractivity contribution >= 4 is 5.88 Å². The summed E-state index contributed by atoms with van der Waals surface area (Å²) >= 11 is 0. The molecule has 0 aliphatic heterocycles. The Balaban J connectivity index is 2.03. The van der Waals surface area contributed by atoms with E-state index < -0.39 is 0 Å². The lowest BCUT2D eigenvalue weighted by atomic mass is 10.3. The van der Waals surface area contributed by atoms with E-state index in [1.165, 1.54) is 0 Å². The molecule has 1 aromatic rings. The van der Waals surface area contributed by atoms with Gasteiger partial charge in [0.05, 0.1) is 6.04 Å². The number of nitrogens with one attached hydrogen (secondary N) is 1. The van der Waals surface area contributed by atoms with Crippen LogP contribution in [0.25, 0.3) is 0 Å². The molecule has 0 saturated carbocycles. The number of furan rings is 1. The Hall–Kier alpha value is -1.44. The van der Waals surface area contributed by atoms with Crippen molar-refractivity contribution < 1.29 is 4.42 Å². The van der Waals surface area contributed by atoms with Gasteiger partial charge < -0.3 is 9.73 Å². The van der Waals surface area contributed by atoms with Crippen molar-refractivity contribution in [2.45, 2.75) is 13.0 Å². The molecule has 1 heterocycles. The highest BCUT2D eigenvalue weighted by Gasteiger charge is 2.04. The predicted octanol–water partition coefficient (Wildman–Crippen LogP) is 2.49. The van der Waals surface area contributed by atoms with Gasteiger partial charge in [-0.2, -0.15) is 0 Å². The van der Waals surface area contributed by atoms with E-state index in [1.54, 1.807) is 0 Å². The van der Waals surface area contributed by atoms with Gasteiger partial charge in [0.15, 0.2) is 5.88 Å². The number of allylic oxidation sites excluding steroid dienone is 2. The van der Waals surface area contributed by atoms with Crippen LogP contribution in [0.2, 0.25) is 0 Å². The first-order valence-electron chi connectivity index (χ1n) is 4.02. The van der Waals surface area contributed by atoms with E-state index in [9.17, 15) is 0 Å². The van der Waals surface area contributed by atoms with Crippen molar-refractivity contribution in [1.82, 2.24) is 0 Å². The molecule has 1 aliphatic rings. The van der Waals surface area contributed by atoms with Crippen LogP contribution in [0, 0.1) is 6.92 Å². The van der Waals surface area contributed by atoms with Gasteiger partial charge in [0.1, 0.15) is 5.76 Å². The highest BCUT2D eigenvalue weighted by Crippen LogP contribution is 2.15. The van der Waals surface area contributed by atoms with Gasteiger partial charge in [-0.1, -0.05) is 24.3 Å². The molecule has 1 aliphatic carbocycles. The number of anilines is 1. The fraction of sp³-hybridized carbons (Fsp3) is 0.200. The maximum atomic E-state index is 5.37. The van der Waals surface area contributed by atoms with Gasteiger partial charge >= 0.3 is 0 Å². The lowest BCUT2D eigenvalue weighted by Gasteiger charge is -2.05. The first kappa shape index (κ1) is 7.22. The summed E-state index contributed by atoms with van der Waals surface area (Å²) in [6.45, 7) is 1.94. The van der Waals surface area contributed by atoms with Crippen LogP contribution in [0.15, 0.2) is 40.9 Å². The molecule has 12 heavy (non-hydrogen) atoms. The monoisotopic (exact) mass is 161 g/mol. The molecule has 0 spiro atoms. The third-order valence-electron chi connectivity index (χ3n) is 1.80. The predicted molar refractivity (Wildman–Crippen MR) is 49.1 cm³/mol. The summed E-state index contributed by atoms with van der Waals surface area (Å²) < 4.78 is 5.37. The van der Waals surface area contributed by atoms with Crippen LogP contribution in [0.5, 0.6) is 0 Å². The van der Waals surface area contributed by atoms with Crippen molar-refractivity contribution in [3.8, 4) is 0 Å². The molecule has 0 bridgehead atoms.